The summed E-state index contributed by atoms with van der Waals surface area (Å²) in [6.45, 7) is 7.14. The van der Waals surface area contributed by atoms with Gasteiger partial charge in [0.25, 0.3) is 0 Å². The normalized spacial score (nSPS) is 30.6. The van der Waals surface area contributed by atoms with Crippen molar-refractivity contribution < 1.29 is 9.47 Å². The first-order chi connectivity index (χ1) is 8.78. The van der Waals surface area contributed by atoms with Crippen LogP contribution >= 0.6 is 0 Å². The molecule has 0 unspecified atom stereocenters. The molecule has 0 aromatic carbocycles. The summed E-state index contributed by atoms with van der Waals surface area (Å²) in [5.41, 5.74) is 2.25. The van der Waals surface area contributed by atoms with E-state index in [2.05, 4.69) is 10.3 Å². The fourth-order valence-electron chi connectivity index (χ4n) is 2.91. The van der Waals surface area contributed by atoms with Gasteiger partial charge in [0.05, 0.1) is 32.1 Å². The minimum Gasteiger partial charge on any atom is -0.380 e. The molecule has 4 nitrogen and oxygen atoms in total. The van der Waals surface area contributed by atoms with Gasteiger partial charge < -0.3 is 14.8 Å². The van der Waals surface area contributed by atoms with E-state index in [1.165, 1.54) is 0 Å². The summed E-state index contributed by atoms with van der Waals surface area (Å²) in [4.78, 5) is 4.45. The third-order valence-electron chi connectivity index (χ3n) is 4.03. The number of ether oxygens (including phenoxy) is 2. The van der Waals surface area contributed by atoms with E-state index in [0.29, 0.717) is 12.5 Å². The molecule has 2 aliphatic rings. The lowest BCUT2D eigenvalue weighted by Crippen LogP contribution is -2.34. The highest BCUT2D eigenvalue weighted by molar-refractivity contribution is 5.09. The second kappa shape index (κ2) is 4.96. The van der Waals surface area contributed by atoms with Gasteiger partial charge in [0, 0.05) is 30.1 Å². The Hall–Kier alpha value is -0.970. The van der Waals surface area contributed by atoms with E-state index in [0.717, 1.165) is 44.3 Å². The monoisotopic (exact) mass is 248 g/mol. The Kier molecular flexibility index (Phi) is 3.33. The SMILES string of the molecule is Cc1cccc(COC[C@@]23CNC[C@@H]2COC3)n1. The van der Waals surface area contributed by atoms with Gasteiger partial charge in [0.15, 0.2) is 0 Å². The van der Waals surface area contributed by atoms with Crippen molar-refractivity contribution >= 4 is 0 Å². The Bertz CT molecular complexity index is 412. The van der Waals surface area contributed by atoms with Gasteiger partial charge in [-0.1, -0.05) is 6.07 Å². The summed E-state index contributed by atoms with van der Waals surface area (Å²) in [5.74, 6) is 0.614. The largest absolute Gasteiger partial charge is 0.380 e. The number of hydrogen-bond donors (Lipinski definition) is 1. The summed E-state index contributed by atoms with van der Waals surface area (Å²) in [6.07, 6.45) is 0. The fraction of sp³-hybridized carbons (Fsp3) is 0.643. The maximum absolute atomic E-state index is 5.88. The van der Waals surface area contributed by atoms with E-state index in [9.17, 15) is 0 Å². The van der Waals surface area contributed by atoms with Crippen molar-refractivity contribution in [3.05, 3.63) is 29.6 Å². The molecule has 0 amide bonds. The van der Waals surface area contributed by atoms with Crippen LogP contribution in [-0.2, 0) is 16.1 Å². The predicted octanol–water partition coefficient (Wildman–Crippen LogP) is 1.14. The van der Waals surface area contributed by atoms with Gasteiger partial charge in [-0.05, 0) is 19.1 Å². The van der Waals surface area contributed by atoms with Crippen molar-refractivity contribution in [3.8, 4) is 0 Å². The van der Waals surface area contributed by atoms with Crippen LogP contribution < -0.4 is 5.32 Å². The Balaban J connectivity index is 1.55. The van der Waals surface area contributed by atoms with Crippen LogP contribution in [0.2, 0.25) is 0 Å². The zero-order valence-electron chi connectivity index (χ0n) is 10.8. The van der Waals surface area contributed by atoms with Gasteiger partial charge in [-0.15, -0.1) is 0 Å². The van der Waals surface area contributed by atoms with Crippen LogP contribution in [-0.4, -0.2) is 37.9 Å². The molecule has 1 aromatic heterocycles. The molecule has 1 N–H and O–H groups in total. The number of fused-ring (bicyclic) bond motifs is 1. The third-order valence-corrected chi connectivity index (χ3v) is 4.03. The average molecular weight is 248 g/mol. The number of pyridine rings is 1. The number of hydrogen-bond acceptors (Lipinski definition) is 4. The molecule has 2 fully saturated rings. The van der Waals surface area contributed by atoms with Crippen molar-refractivity contribution in [2.75, 3.05) is 32.9 Å². The Morgan fingerprint density at radius 3 is 3.39 bits per heavy atom. The molecule has 0 spiro atoms. The Morgan fingerprint density at radius 1 is 1.56 bits per heavy atom. The minimum absolute atomic E-state index is 0.198. The maximum Gasteiger partial charge on any atom is 0.0888 e. The first kappa shape index (κ1) is 12.1. The van der Waals surface area contributed by atoms with E-state index in [-0.39, 0.29) is 5.41 Å². The summed E-state index contributed by atoms with van der Waals surface area (Å²) >= 11 is 0. The molecule has 18 heavy (non-hydrogen) atoms. The summed E-state index contributed by atoms with van der Waals surface area (Å²) in [6, 6.07) is 6.04. The Labute approximate surface area is 108 Å². The lowest BCUT2D eigenvalue weighted by Gasteiger charge is -2.25. The quantitative estimate of drug-likeness (QED) is 0.868. The highest BCUT2D eigenvalue weighted by atomic mass is 16.5. The first-order valence-electron chi connectivity index (χ1n) is 6.57. The van der Waals surface area contributed by atoms with Gasteiger partial charge in [-0.3, -0.25) is 4.98 Å². The summed E-state index contributed by atoms with van der Waals surface area (Å²) in [7, 11) is 0. The zero-order valence-corrected chi connectivity index (χ0v) is 10.8. The summed E-state index contributed by atoms with van der Waals surface area (Å²) < 4.78 is 11.5. The van der Waals surface area contributed by atoms with Crippen LogP contribution in [0, 0.1) is 18.3 Å². The van der Waals surface area contributed by atoms with E-state index >= 15 is 0 Å². The van der Waals surface area contributed by atoms with Crippen LogP contribution in [0.4, 0.5) is 0 Å². The van der Waals surface area contributed by atoms with E-state index in [1.54, 1.807) is 0 Å². The molecule has 0 aliphatic carbocycles. The van der Waals surface area contributed by atoms with Crippen molar-refractivity contribution in [2.45, 2.75) is 13.5 Å². The van der Waals surface area contributed by atoms with Crippen LogP contribution in [0.5, 0.6) is 0 Å². The number of rotatable bonds is 4. The van der Waals surface area contributed by atoms with Gasteiger partial charge in [-0.25, -0.2) is 0 Å². The molecule has 3 rings (SSSR count). The van der Waals surface area contributed by atoms with E-state index in [4.69, 9.17) is 9.47 Å². The minimum atomic E-state index is 0.198. The molecule has 0 bridgehead atoms. The highest BCUT2D eigenvalue weighted by Gasteiger charge is 2.47. The number of nitrogens with one attached hydrogen (secondary N) is 1. The van der Waals surface area contributed by atoms with Crippen molar-refractivity contribution in [3.63, 3.8) is 0 Å². The van der Waals surface area contributed by atoms with Crippen LogP contribution in [0.15, 0.2) is 18.2 Å². The predicted molar refractivity (Wildman–Crippen MR) is 68.2 cm³/mol. The molecule has 4 heteroatoms. The zero-order chi connectivity index (χ0) is 12.4. The molecule has 2 atom stereocenters. The van der Waals surface area contributed by atoms with Gasteiger partial charge in [0.2, 0.25) is 0 Å². The lowest BCUT2D eigenvalue weighted by atomic mass is 9.82. The lowest BCUT2D eigenvalue weighted by molar-refractivity contribution is 0.0240. The molecule has 2 saturated heterocycles. The van der Waals surface area contributed by atoms with Gasteiger partial charge in [0.1, 0.15) is 0 Å². The van der Waals surface area contributed by atoms with Gasteiger partial charge >= 0.3 is 0 Å². The van der Waals surface area contributed by atoms with Crippen molar-refractivity contribution in [1.29, 1.82) is 0 Å². The number of aryl methyl sites for hydroxylation is 1. The maximum atomic E-state index is 5.88. The standard InChI is InChI=1S/C14H20N2O2/c1-11-3-2-4-13(16-11)7-18-10-14-8-15-5-12(14)6-17-9-14/h2-4,12,15H,5-10H2,1H3/t12-,14+/m1/s1. The van der Waals surface area contributed by atoms with Crippen molar-refractivity contribution in [1.82, 2.24) is 10.3 Å². The Morgan fingerprint density at radius 2 is 2.50 bits per heavy atom. The fourth-order valence-corrected chi connectivity index (χ4v) is 2.91. The van der Waals surface area contributed by atoms with Crippen LogP contribution in [0.3, 0.4) is 0 Å². The summed E-state index contributed by atoms with van der Waals surface area (Å²) in [5, 5.41) is 3.45. The highest BCUT2D eigenvalue weighted by Crippen LogP contribution is 2.37. The van der Waals surface area contributed by atoms with E-state index in [1.807, 2.05) is 25.1 Å². The van der Waals surface area contributed by atoms with Crippen LogP contribution in [0.25, 0.3) is 0 Å². The topological polar surface area (TPSA) is 43.4 Å². The molecular formula is C14H20N2O2. The second-order valence-corrected chi connectivity index (χ2v) is 5.47. The second-order valence-electron chi connectivity index (χ2n) is 5.47. The molecule has 1 aromatic rings. The smallest absolute Gasteiger partial charge is 0.0888 e. The number of aromatic nitrogens is 1. The molecule has 98 valence electrons. The third kappa shape index (κ3) is 2.28. The van der Waals surface area contributed by atoms with Crippen LogP contribution in [0.1, 0.15) is 11.4 Å². The number of nitrogens with zero attached hydrogens (tertiary/aromatic N) is 1. The van der Waals surface area contributed by atoms with Gasteiger partial charge in [-0.2, -0.15) is 0 Å². The molecule has 2 aliphatic heterocycles. The molecule has 0 radical (unpaired) electrons. The van der Waals surface area contributed by atoms with Crippen molar-refractivity contribution in [2.24, 2.45) is 11.3 Å². The molecular weight excluding hydrogens is 228 g/mol. The van der Waals surface area contributed by atoms with E-state index < -0.39 is 0 Å². The first-order valence-corrected chi connectivity index (χ1v) is 6.57. The molecule has 3 heterocycles. The molecule has 0 saturated carbocycles. The average Bonchev–Trinajstić information content (AvgIpc) is 2.88.